The molecule has 4 rings (SSSR count). The van der Waals surface area contributed by atoms with E-state index in [9.17, 15) is 9.90 Å². The molecule has 1 amide bonds. The molecule has 6 nitrogen and oxygen atoms in total. The molecule has 1 unspecified atom stereocenters. The van der Waals surface area contributed by atoms with Crippen LogP contribution in [0.3, 0.4) is 0 Å². The number of carbonyl (C=O) groups excluding carboxylic acids is 1. The maximum absolute atomic E-state index is 13.7. The zero-order valence-electron chi connectivity index (χ0n) is 17.9. The Morgan fingerprint density at radius 3 is 2.43 bits per heavy atom. The highest BCUT2D eigenvalue weighted by molar-refractivity contribution is 6.07. The molecular formula is C22H32N4O2. The third kappa shape index (κ3) is 3.21. The molecule has 2 fully saturated rings. The fourth-order valence-corrected chi connectivity index (χ4v) is 4.43. The van der Waals surface area contributed by atoms with Crippen molar-refractivity contribution in [3.05, 3.63) is 23.0 Å². The lowest BCUT2D eigenvalue weighted by Crippen LogP contribution is -2.48. The largest absolute Gasteiger partial charge is 0.388 e. The highest BCUT2D eigenvalue weighted by Crippen LogP contribution is 2.41. The van der Waals surface area contributed by atoms with Crippen LogP contribution in [0, 0.1) is 6.92 Å². The Bertz CT molecular complexity index is 929. The first-order valence-electron chi connectivity index (χ1n) is 10.4. The molecule has 0 radical (unpaired) electrons. The number of rotatable bonds is 3. The molecule has 0 spiro atoms. The molecule has 1 aliphatic carbocycles. The van der Waals surface area contributed by atoms with Crippen LogP contribution in [0.15, 0.2) is 6.07 Å². The van der Waals surface area contributed by atoms with Crippen LogP contribution >= 0.6 is 0 Å². The van der Waals surface area contributed by atoms with Crippen molar-refractivity contribution in [2.75, 3.05) is 6.54 Å². The Morgan fingerprint density at radius 2 is 1.86 bits per heavy atom. The monoisotopic (exact) mass is 384 g/mol. The Kier molecular flexibility index (Phi) is 4.34. The minimum Gasteiger partial charge on any atom is -0.388 e. The van der Waals surface area contributed by atoms with Gasteiger partial charge >= 0.3 is 0 Å². The topological polar surface area (TPSA) is 71.2 Å². The highest BCUT2D eigenvalue weighted by Gasteiger charge is 2.40. The summed E-state index contributed by atoms with van der Waals surface area (Å²) >= 11 is 0. The number of fused-ring (bicyclic) bond motifs is 1. The molecule has 1 N–H and O–H groups in total. The van der Waals surface area contributed by atoms with Crippen molar-refractivity contribution in [2.24, 2.45) is 0 Å². The van der Waals surface area contributed by atoms with Crippen molar-refractivity contribution in [3.63, 3.8) is 0 Å². The van der Waals surface area contributed by atoms with E-state index in [-0.39, 0.29) is 17.5 Å². The van der Waals surface area contributed by atoms with Crippen molar-refractivity contribution in [1.29, 1.82) is 0 Å². The molecule has 0 bridgehead atoms. The number of hydrogen-bond donors (Lipinski definition) is 1. The summed E-state index contributed by atoms with van der Waals surface area (Å²) in [6, 6.07) is 1.83. The smallest absolute Gasteiger partial charge is 0.255 e. The van der Waals surface area contributed by atoms with E-state index in [0.29, 0.717) is 18.0 Å². The van der Waals surface area contributed by atoms with Gasteiger partial charge in [0.25, 0.3) is 5.91 Å². The molecule has 152 valence electrons. The molecule has 1 saturated carbocycles. The summed E-state index contributed by atoms with van der Waals surface area (Å²) in [6.07, 6.45) is 4.01. The number of pyridine rings is 1. The predicted octanol–water partition coefficient (Wildman–Crippen LogP) is 3.75. The lowest BCUT2D eigenvalue weighted by atomic mass is 9.96. The Balaban J connectivity index is 1.88. The second-order valence-corrected chi connectivity index (χ2v) is 10.0. The molecule has 2 aromatic rings. The van der Waals surface area contributed by atoms with E-state index in [1.54, 1.807) is 13.8 Å². The molecule has 1 atom stereocenters. The van der Waals surface area contributed by atoms with Crippen molar-refractivity contribution < 1.29 is 9.90 Å². The molecule has 6 heteroatoms. The quantitative estimate of drug-likeness (QED) is 0.875. The van der Waals surface area contributed by atoms with E-state index in [1.165, 1.54) is 0 Å². The fourth-order valence-electron chi connectivity index (χ4n) is 4.43. The van der Waals surface area contributed by atoms with Crippen molar-refractivity contribution in [1.82, 2.24) is 19.7 Å². The van der Waals surface area contributed by atoms with Gasteiger partial charge in [-0.15, -0.1) is 0 Å². The zero-order chi connectivity index (χ0) is 20.4. The Morgan fingerprint density at radius 1 is 1.18 bits per heavy atom. The summed E-state index contributed by atoms with van der Waals surface area (Å²) in [6.45, 7) is 12.6. The van der Waals surface area contributed by atoms with Gasteiger partial charge in [-0.05, 0) is 73.3 Å². The number of aromatic nitrogens is 3. The van der Waals surface area contributed by atoms with Crippen molar-refractivity contribution in [2.45, 2.75) is 90.3 Å². The summed E-state index contributed by atoms with van der Waals surface area (Å²) in [4.78, 5) is 20.5. The van der Waals surface area contributed by atoms with Gasteiger partial charge in [-0.3, -0.25) is 4.79 Å². The first-order valence-corrected chi connectivity index (χ1v) is 10.4. The van der Waals surface area contributed by atoms with Crippen LogP contribution in [-0.4, -0.2) is 48.9 Å². The second kappa shape index (κ2) is 6.28. The molecule has 2 aromatic heterocycles. The van der Waals surface area contributed by atoms with E-state index in [4.69, 9.17) is 10.1 Å². The lowest BCUT2D eigenvalue weighted by Gasteiger charge is -2.34. The zero-order valence-corrected chi connectivity index (χ0v) is 17.9. The third-order valence-electron chi connectivity index (χ3n) is 6.02. The summed E-state index contributed by atoms with van der Waals surface area (Å²) in [5.74, 6) is 0.443. The molecule has 1 saturated heterocycles. The molecular weight excluding hydrogens is 352 g/mol. The number of likely N-dealkylation sites (tertiary alicyclic amines) is 1. The minimum absolute atomic E-state index is 0.00418. The van der Waals surface area contributed by atoms with E-state index in [1.807, 2.05) is 22.6 Å². The van der Waals surface area contributed by atoms with Crippen LogP contribution in [0.1, 0.15) is 88.0 Å². The van der Waals surface area contributed by atoms with Gasteiger partial charge in [-0.25, -0.2) is 9.67 Å². The normalized spacial score (nSPS) is 21.0. The van der Waals surface area contributed by atoms with Gasteiger partial charge in [-0.1, -0.05) is 0 Å². The van der Waals surface area contributed by atoms with Gasteiger partial charge in [-0.2, -0.15) is 5.10 Å². The second-order valence-electron chi connectivity index (χ2n) is 10.0. The lowest BCUT2D eigenvalue weighted by molar-refractivity contribution is 0.000403. The van der Waals surface area contributed by atoms with Crippen LogP contribution in [0.4, 0.5) is 0 Å². The molecule has 1 aliphatic heterocycles. The van der Waals surface area contributed by atoms with Crippen LogP contribution in [0.2, 0.25) is 0 Å². The van der Waals surface area contributed by atoms with Crippen LogP contribution in [0.25, 0.3) is 11.0 Å². The Hall–Kier alpha value is -1.95. The number of aryl methyl sites for hydroxylation is 1. The van der Waals surface area contributed by atoms with Crippen molar-refractivity contribution >= 4 is 16.9 Å². The van der Waals surface area contributed by atoms with Crippen LogP contribution in [0.5, 0.6) is 0 Å². The summed E-state index contributed by atoms with van der Waals surface area (Å²) in [5, 5.41) is 16.2. The summed E-state index contributed by atoms with van der Waals surface area (Å²) < 4.78 is 1.96. The first kappa shape index (κ1) is 19.4. The number of nitrogens with zero attached hydrogens (tertiary/aromatic N) is 4. The number of hydrogen-bond acceptors (Lipinski definition) is 4. The molecule has 3 heterocycles. The van der Waals surface area contributed by atoms with Crippen LogP contribution < -0.4 is 0 Å². The average Bonchev–Trinajstić information content (AvgIpc) is 3.20. The van der Waals surface area contributed by atoms with E-state index in [2.05, 4.69) is 20.8 Å². The predicted molar refractivity (Wildman–Crippen MR) is 110 cm³/mol. The van der Waals surface area contributed by atoms with Gasteiger partial charge in [0.2, 0.25) is 0 Å². The summed E-state index contributed by atoms with van der Waals surface area (Å²) in [7, 11) is 0. The fraction of sp³-hybridized carbons (Fsp3) is 0.682. The van der Waals surface area contributed by atoms with E-state index < -0.39 is 5.60 Å². The summed E-state index contributed by atoms with van der Waals surface area (Å²) in [5.41, 5.74) is 2.20. The molecule has 0 aromatic carbocycles. The van der Waals surface area contributed by atoms with Crippen LogP contribution in [-0.2, 0) is 5.54 Å². The number of carbonyl (C=O) groups is 1. The van der Waals surface area contributed by atoms with Crippen molar-refractivity contribution in [3.8, 4) is 0 Å². The van der Waals surface area contributed by atoms with E-state index >= 15 is 0 Å². The Labute approximate surface area is 166 Å². The average molecular weight is 385 g/mol. The third-order valence-corrected chi connectivity index (χ3v) is 6.02. The maximum Gasteiger partial charge on any atom is 0.255 e. The molecule has 28 heavy (non-hydrogen) atoms. The SMILES string of the molecule is Cc1nn(C(C)(C)C)c2nc(C3CC3)cc(C(=O)N3CCCC3C(C)(C)O)c12. The van der Waals surface area contributed by atoms with Gasteiger partial charge in [0.1, 0.15) is 0 Å². The maximum atomic E-state index is 13.7. The van der Waals surface area contributed by atoms with Gasteiger partial charge in [0.05, 0.1) is 33.8 Å². The van der Waals surface area contributed by atoms with E-state index in [0.717, 1.165) is 48.1 Å². The molecule has 2 aliphatic rings. The standard InChI is InChI=1S/C22H32N4O2/c1-13-18-15(20(27)25-11-7-8-17(25)22(5,6)28)12-16(14-9-10-14)23-19(18)26(24-13)21(2,3)4/h12,14,17,28H,7-11H2,1-6H3. The first-order chi connectivity index (χ1) is 13.0. The van der Waals surface area contributed by atoms with Gasteiger partial charge in [0, 0.05) is 18.2 Å². The number of amides is 1. The highest BCUT2D eigenvalue weighted by atomic mass is 16.3. The minimum atomic E-state index is -0.914. The number of aliphatic hydroxyl groups is 1. The van der Waals surface area contributed by atoms with Gasteiger partial charge in [0.15, 0.2) is 5.65 Å². The van der Waals surface area contributed by atoms with Gasteiger partial charge < -0.3 is 10.0 Å².